The van der Waals surface area contributed by atoms with Crippen molar-refractivity contribution in [3.8, 4) is 11.5 Å². The van der Waals surface area contributed by atoms with Gasteiger partial charge in [-0.05, 0) is 46.7 Å². The molecule has 0 saturated carbocycles. The first kappa shape index (κ1) is 16.6. The van der Waals surface area contributed by atoms with Crippen LogP contribution in [0.3, 0.4) is 0 Å². The van der Waals surface area contributed by atoms with Gasteiger partial charge in [-0.2, -0.15) is 0 Å². The van der Waals surface area contributed by atoms with Crippen LogP contribution in [0.1, 0.15) is 5.56 Å². The van der Waals surface area contributed by atoms with Crippen molar-refractivity contribution in [2.45, 2.75) is 0 Å². The molecule has 0 atom stereocenters. The Morgan fingerprint density at radius 1 is 0.880 bits per heavy atom. The second-order valence-electron chi connectivity index (χ2n) is 5.53. The Hall–Kier alpha value is -3.27. The minimum atomic E-state index is -0.197. The van der Waals surface area contributed by atoms with Crippen molar-refractivity contribution >= 4 is 28.4 Å². The van der Waals surface area contributed by atoms with Crippen LogP contribution >= 0.6 is 0 Å². The van der Waals surface area contributed by atoms with Gasteiger partial charge in [0.25, 0.3) is 0 Å². The maximum atomic E-state index is 12.2. The summed E-state index contributed by atoms with van der Waals surface area (Å²) in [4.78, 5) is 12.2. The van der Waals surface area contributed by atoms with Crippen molar-refractivity contribution < 1.29 is 14.3 Å². The monoisotopic (exact) mass is 333 g/mol. The lowest BCUT2D eigenvalue weighted by atomic mass is 10.1. The van der Waals surface area contributed by atoms with E-state index in [-0.39, 0.29) is 5.91 Å². The topological polar surface area (TPSA) is 47.6 Å². The number of hydrogen-bond acceptors (Lipinski definition) is 3. The average molecular weight is 333 g/mol. The second kappa shape index (κ2) is 7.53. The first-order valence-electron chi connectivity index (χ1n) is 7.89. The van der Waals surface area contributed by atoms with Crippen LogP contribution < -0.4 is 14.8 Å². The van der Waals surface area contributed by atoms with Crippen molar-refractivity contribution in [3.63, 3.8) is 0 Å². The molecule has 3 aromatic carbocycles. The molecule has 0 aromatic heterocycles. The van der Waals surface area contributed by atoms with Gasteiger partial charge in [0.2, 0.25) is 5.91 Å². The van der Waals surface area contributed by atoms with E-state index in [0.717, 1.165) is 22.0 Å². The summed E-state index contributed by atoms with van der Waals surface area (Å²) in [6.45, 7) is 0. The number of fused-ring (bicyclic) bond motifs is 1. The van der Waals surface area contributed by atoms with Crippen molar-refractivity contribution in [3.05, 3.63) is 72.3 Å². The Labute approximate surface area is 146 Å². The smallest absolute Gasteiger partial charge is 0.248 e. The summed E-state index contributed by atoms with van der Waals surface area (Å²) in [5, 5.41) is 5.10. The molecule has 4 heteroatoms. The van der Waals surface area contributed by atoms with Gasteiger partial charge in [-0.1, -0.05) is 30.3 Å². The molecule has 3 aromatic rings. The van der Waals surface area contributed by atoms with Gasteiger partial charge in [-0.25, -0.2) is 0 Å². The third kappa shape index (κ3) is 4.18. The van der Waals surface area contributed by atoms with Crippen LogP contribution in [-0.4, -0.2) is 20.1 Å². The number of benzene rings is 3. The predicted molar refractivity (Wildman–Crippen MR) is 101 cm³/mol. The summed E-state index contributed by atoms with van der Waals surface area (Å²) in [5.41, 5.74) is 1.58. The molecule has 0 spiro atoms. The normalized spacial score (nSPS) is 10.8. The van der Waals surface area contributed by atoms with Gasteiger partial charge in [-0.15, -0.1) is 0 Å². The van der Waals surface area contributed by atoms with Gasteiger partial charge >= 0.3 is 0 Å². The molecule has 0 saturated heterocycles. The number of hydrogen-bond donors (Lipinski definition) is 1. The molecule has 126 valence electrons. The number of carbonyl (C=O) groups excluding carboxylic acids is 1. The molecule has 0 aliphatic rings. The van der Waals surface area contributed by atoms with Crippen molar-refractivity contribution in [2.75, 3.05) is 19.5 Å². The van der Waals surface area contributed by atoms with E-state index >= 15 is 0 Å². The van der Waals surface area contributed by atoms with E-state index in [2.05, 4.69) is 5.32 Å². The van der Waals surface area contributed by atoms with Crippen LogP contribution in [0, 0.1) is 0 Å². The minimum Gasteiger partial charge on any atom is -0.497 e. The van der Waals surface area contributed by atoms with E-state index in [0.29, 0.717) is 11.5 Å². The number of carbonyl (C=O) groups is 1. The lowest BCUT2D eigenvalue weighted by molar-refractivity contribution is -0.111. The van der Waals surface area contributed by atoms with E-state index in [1.807, 2.05) is 54.6 Å². The van der Waals surface area contributed by atoms with Gasteiger partial charge in [0.1, 0.15) is 11.5 Å². The average Bonchev–Trinajstić information content (AvgIpc) is 2.66. The van der Waals surface area contributed by atoms with Crippen LogP contribution in [0.15, 0.2) is 66.7 Å². The summed E-state index contributed by atoms with van der Waals surface area (Å²) in [6, 6.07) is 19.3. The molecule has 0 aliphatic carbocycles. The molecule has 0 bridgehead atoms. The summed E-state index contributed by atoms with van der Waals surface area (Å²) >= 11 is 0. The molecular formula is C21H19NO3. The SMILES string of the molecule is COc1cc(/C=C/C(=O)Nc2ccc3ccccc3c2)cc(OC)c1. The summed E-state index contributed by atoms with van der Waals surface area (Å²) in [6.07, 6.45) is 3.21. The number of methoxy groups -OCH3 is 2. The standard InChI is InChI=1S/C21H19NO3/c1-24-19-11-15(12-20(14-19)25-2)7-10-21(23)22-18-9-8-16-5-3-4-6-17(16)13-18/h3-14H,1-2H3,(H,22,23)/b10-7+. The van der Waals surface area contributed by atoms with E-state index < -0.39 is 0 Å². The van der Waals surface area contributed by atoms with Gasteiger partial charge < -0.3 is 14.8 Å². The highest BCUT2D eigenvalue weighted by Gasteiger charge is 2.02. The van der Waals surface area contributed by atoms with Crippen molar-refractivity contribution in [2.24, 2.45) is 0 Å². The fraction of sp³-hybridized carbons (Fsp3) is 0.0952. The van der Waals surface area contributed by atoms with Gasteiger partial charge in [0.15, 0.2) is 0 Å². The summed E-state index contributed by atoms with van der Waals surface area (Å²) < 4.78 is 10.5. The Bertz CT molecular complexity index is 909. The Morgan fingerprint density at radius 2 is 1.56 bits per heavy atom. The quantitative estimate of drug-likeness (QED) is 0.699. The predicted octanol–water partition coefficient (Wildman–Crippen LogP) is 4.51. The number of nitrogens with one attached hydrogen (secondary N) is 1. The van der Waals surface area contributed by atoms with Crippen LogP contribution in [-0.2, 0) is 4.79 Å². The molecule has 0 unspecified atom stereocenters. The van der Waals surface area contributed by atoms with E-state index in [9.17, 15) is 4.79 Å². The Balaban J connectivity index is 1.74. The maximum absolute atomic E-state index is 12.2. The minimum absolute atomic E-state index is 0.197. The third-order valence-electron chi connectivity index (χ3n) is 3.82. The molecule has 0 heterocycles. The van der Waals surface area contributed by atoms with E-state index in [1.165, 1.54) is 6.08 Å². The number of anilines is 1. The lowest BCUT2D eigenvalue weighted by Gasteiger charge is -2.06. The summed E-state index contributed by atoms with van der Waals surface area (Å²) in [7, 11) is 3.18. The Kier molecular flexibility index (Phi) is 5.00. The highest BCUT2D eigenvalue weighted by molar-refractivity contribution is 6.03. The van der Waals surface area contributed by atoms with E-state index in [1.54, 1.807) is 26.4 Å². The van der Waals surface area contributed by atoms with Gasteiger partial charge in [0, 0.05) is 17.8 Å². The Morgan fingerprint density at radius 3 is 2.24 bits per heavy atom. The molecule has 25 heavy (non-hydrogen) atoms. The molecular weight excluding hydrogens is 314 g/mol. The highest BCUT2D eigenvalue weighted by atomic mass is 16.5. The second-order valence-corrected chi connectivity index (χ2v) is 5.53. The largest absolute Gasteiger partial charge is 0.497 e. The molecule has 1 N–H and O–H groups in total. The molecule has 4 nitrogen and oxygen atoms in total. The number of rotatable bonds is 5. The van der Waals surface area contributed by atoms with Gasteiger partial charge in [0.05, 0.1) is 14.2 Å². The third-order valence-corrected chi connectivity index (χ3v) is 3.82. The zero-order chi connectivity index (χ0) is 17.6. The van der Waals surface area contributed by atoms with Crippen LogP contribution in [0.2, 0.25) is 0 Å². The maximum Gasteiger partial charge on any atom is 0.248 e. The molecule has 0 radical (unpaired) electrons. The van der Waals surface area contributed by atoms with Crippen LogP contribution in [0.4, 0.5) is 5.69 Å². The van der Waals surface area contributed by atoms with Gasteiger partial charge in [-0.3, -0.25) is 4.79 Å². The fourth-order valence-corrected chi connectivity index (χ4v) is 2.55. The summed E-state index contributed by atoms with van der Waals surface area (Å²) in [5.74, 6) is 1.15. The van der Waals surface area contributed by atoms with Crippen LogP contribution in [0.25, 0.3) is 16.8 Å². The highest BCUT2D eigenvalue weighted by Crippen LogP contribution is 2.23. The van der Waals surface area contributed by atoms with Crippen molar-refractivity contribution in [1.82, 2.24) is 0 Å². The van der Waals surface area contributed by atoms with Crippen LogP contribution in [0.5, 0.6) is 11.5 Å². The van der Waals surface area contributed by atoms with Crippen molar-refractivity contribution in [1.29, 1.82) is 0 Å². The van der Waals surface area contributed by atoms with E-state index in [4.69, 9.17) is 9.47 Å². The molecule has 0 fully saturated rings. The fourth-order valence-electron chi connectivity index (χ4n) is 2.55. The molecule has 1 amide bonds. The molecule has 3 rings (SSSR count). The first-order chi connectivity index (χ1) is 12.2. The zero-order valence-electron chi connectivity index (χ0n) is 14.2. The lowest BCUT2D eigenvalue weighted by Crippen LogP contribution is -2.07. The first-order valence-corrected chi connectivity index (χ1v) is 7.89. The number of ether oxygens (including phenoxy) is 2. The molecule has 0 aliphatic heterocycles. The zero-order valence-corrected chi connectivity index (χ0v) is 14.2. The number of amides is 1.